The van der Waals surface area contributed by atoms with Gasteiger partial charge < -0.3 is 10.2 Å². The van der Waals surface area contributed by atoms with Gasteiger partial charge in [0, 0.05) is 22.9 Å². The van der Waals surface area contributed by atoms with Gasteiger partial charge in [0.15, 0.2) is 0 Å². The van der Waals surface area contributed by atoms with Crippen molar-refractivity contribution in [2.75, 3.05) is 13.2 Å². The Kier molecular flexibility index (Phi) is 5.50. The Morgan fingerprint density at radius 3 is 2.67 bits per heavy atom. The first-order valence-electron chi connectivity index (χ1n) is 6.99. The predicted octanol–water partition coefficient (Wildman–Crippen LogP) is 1.92. The van der Waals surface area contributed by atoms with Crippen LogP contribution in [0.5, 0.6) is 0 Å². The van der Waals surface area contributed by atoms with Crippen molar-refractivity contribution < 1.29 is 10.2 Å². The standard InChI is InChI=1S/C15H20BrN3O2/c1-2-6-19-14(17-11-18-19)8-15(9-20,10-21)12-4-3-5-13(16)7-12/h3-5,7,11,20-21H,2,6,8-10H2,1H3. The largest absolute Gasteiger partial charge is 0.395 e. The van der Waals surface area contributed by atoms with Gasteiger partial charge in [-0.25, -0.2) is 4.98 Å². The lowest BCUT2D eigenvalue weighted by atomic mass is 9.78. The minimum atomic E-state index is -0.762. The summed E-state index contributed by atoms with van der Waals surface area (Å²) >= 11 is 3.43. The van der Waals surface area contributed by atoms with E-state index < -0.39 is 5.41 Å². The van der Waals surface area contributed by atoms with Crippen LogP contribution in [0.15, 0.2) is 35.1 Å². The summed E-state index contributed by atoms with van der Waals surface area (Å²) < 4.78 is 2.75. The van der Waals surface area contributed by atoms with Gasteiger partial charge in [-0.1, -0.05) is 35.0 Å². The number of aliphatic hydroxyl groups is 2. The molecule has 2 N–H and O–H groups in total. The molecule has 0 aliphatic heterocycles. The minimum absolute atomic E-state index is 0.154. The van der Waals surface area contributed by atoms with Crippen molar-refractivity contribution in [2.45, 2.75) is 31.7 Å². The van der Waals surface area contributed by atoms with E-state index in [1.165, 1.54) is 6.33 Å². The quantitative estimate of drug-likeness (QED) is 0.797. The SMILES string of the molecule is CCCn1ncnc1CC(CO)(CO)c1cccc(Br)c1. The van der Waals surface area contributed by atoms with Crippen molar-refractivity contribution in [3.8, 4) is 0 Å². The Morgan fingerprint density at radius 1 is 1.29 bits per heavy atom. The molecule has 0 amide bonds. The average molecular weight is 354 g/mol. The highest BCUT2D eigenvalue weighted by atomic mass is 79.9. The number of nitrogens with zero attached hydrogens (tertiary/aromatic N) is 3. The van der Waals surface area contributed by atoms with Gasteiger partial charge in [-0.05, 0) is 24.1 Å². The molecule has 1 aromatic heterocycles. The van der Waals surface area contributed by atoms with E-state index in [-0.39, 0.29) is 13.2 Å². The Hall–Kier alpha value is -1.24. The third kappa shape index (κ3) is 3.51. The molecule has 114 valence electrons. The van der Waals surface area contributed by atoms with Crippen molar-refractivity contribution in [3.63, 3.8) is 0 Å². The van der Waals surface area contributed by atoms with Gasteiger partial charge in [0.25, 0.3) is 0 Å². The van der Waals surface area contributed by atoms with Crippen LogP contribution in [0.25, 0.3) is 0 Å². The van der Waals surface area contributed by atoms with Crippen molar-refractivity contribution in [1.82, 2.24) is 14.8 Å². The van der Waals surface area contributed by atoms with Gasteiger partial charge in [0.05, 0.1) is 13.2 Å². The highest BCUT2D eigenvalue weighted by Gasteiger charge is 2.33. The fourth-order valence-corrected chi connectivity index (χ4v) is 2.79. The van der Waals surface area contributed by atoms with Crippen LogP contribution in [-0.4, -0.2) is 38.2 Å². The molecular weight excluding hydrogens is 334 g/mol. The van der Waals surface area contributed by atoms with Crippen molar-refractivity contribution in [2.24, 2.45) is 0 Å². The number of aromatic nitrogens is 3. The first-order valence-corrected chi connectivity index (χ1v) is 7.79. The van der Waals surface area contributed by atoms with E-state index in [4.69, 9.17) is 0 Å². The second-order valence-electron chi connectivity index (χ2n) is 5.18. The molecule has 0 atom stereocenters. The van der Waals surface area contributed by atoms with E-state index in [1.54, 1.807) is 0 Å². The molecule has 0 bridgehead atoms. The number of halogens is 1. The van der Waals surface area contributed by atoms with E-state index in [9.17, 15) is 10.2 Å². The second kappa shape index (κ2) is 7.15. The smallest absolute Gasteiger partial charge is 0.138 e. The van der Waals surface area contributed by atoms with Crippen LogP contribution in [0.2, 0.25) is 0 Å². The van der Waals surface area contributed by atoms with E-state index in [0.29, 0.717) is 6.42 Å². The zero-order chi connectivity index (χ0) is 15.3. The summed E-state index contributed by atoms with van der Waals surface area (Å²) in [5, 5.41) is 24.0. The first-order chi connectivity index (χ1) is 10.1. The maximum absolute atomic E-state index is 9.91. The fraction of sp³-hybridized carbons (Fsp3) is 0.467. The average Bonchev–Trinajstić information content (AvgIpc) is 2.92. The van der Waals surface area contributed by atoms with Crippen LogP contribution in [0.4, 0.5) is 0 Å². The molecule has 2 rings (SSSR count). The highest BCUT2D eigenvalue weighted by Crippen LogP contribution is 2.29. The molecule has 0 radical (unpaired) electrons. The van der Waals surface area contributed by atoms with Gasteiger partial charge in [0.2, 0.25) is 0 Å². The Bertz CT molecular complexity index is 582. The summed E-state index contributed by atoms with van der Waals surface area (Å²) in [6.45, 7) is 2.55. The fourth-order valence-electron chi connectivity index (χ4n) is 2.39. The highest BCUT2D eigenvalue weighted by molar-refractivity contribution is 9.10. The summed E-state index contributed by atoms with van der Waals surface area (Å²) in [7, 11) is 0. The van der Waals surface area contributed by atoms with Crippen LogP contribution in [0.3, 0.4) is 0 Å². The van der Waals surface area contributed by atoms with Crippen LogP contribution in [0, 0.1) is 0 Å². The predicted molar refractivity (Wildman–Crippen MR) is 84.0 cm³/mol. The molecule has 0 saturated carbocycles. The van der Waals surface area contributed by atoms with Gasteiger partial charge in [-0.2, -0.15) is 5.10 Å². The summed E-state index contributed by atoms with van der Waals surface area (Å²) in [5.41, 5.74) is 0.121. The van der Waals surface area contributed by atoms with Gasteiger partial charge in [-0.15, -0.1) is 0 Å². The summed E-state index contributed by atoms with van der Waals surface area (Å²) in [5.74, 6) is 0.778. The molecule has 1 heterocycles. The lowest BCUT2D eigenvalue weighted by molar-refractivity contribution is 0.113. The normalized spacial score (nSPS) is 11.8. The topological polar surface area (TPSA) is 71.2 Å². The Balaban J connectivity index is 2.36. The number of hydrogen-bond donors (Lipinski definition) is 2. The van der Waals surface area contributed by atoms with Crippen molar-refractivity contribution in [1.29, 1.82) is 0 Å². The number of benzene rings is 1. The Morgan fingerprint density at radius 2 is 2.05 bits per heavy atom. The molecule has 0 fully saturated rings. The molecule has 5 nitrogen and oxygen atoms in total. The molecule has 0 aliphatic rings. The molecule has 0 saturated heterocycles. The van der Waals surface area contributed by atoms with E-state index >= 15 is 0 Å². The third-order valence-corrected chi connectivity index (χ3v) is 4.16. The summed E-state index contributed by atoms with van der Waals surface area (Å²) in [6, 6.07) is 7.66. The molecule has 6 heteroatoms. The van der Waals surface area contributed by atoms with E-state index in [1.807, 2.05) is 28.9 Å². The van der Waals surface area contributed by atoms with Crippen molar-refractivity contribution in [3.05, 3.63) is 46.5 Å². The zero-order valence-electron chi connectivity index (χ0n) is 12.0. The molecule has 1 aromatic carbocycles. The maximum Gasteiger partial charge on any atom is 0.138 e. The summed E-state index contributed by atoms with van der Waals surface area (Å²) in [6.07, 6.45) is 2.92. The minimum Gasteiger partial charge on any atom is -0.395 e. The second-order valence-corrected chi connectivity index (χ2v) is 6.10. The maximum atomic E-state index is 9.91. The molecule has 0 unspecified atom stereocenters. The monoisotopic (exact) mass is 353 g/mol. The Labute approximate surface area is 132 Å². The van der Waals surface area contributed by atoms with Crippen LogP contribution < -0.4 is 0 Å². The lowest BCUT2D eigenvalue weighted by Crippen LogP contribution is -2.38. The summed E-state index contributed by atoms with van der Waals surface area (Å²) in [4.78, 5) is 4.28. The molecule has 0 spiro atoms. The number of aryl methyl sites for hydroxylation is 1. The first kappa shape index (κ1) is 16.1. The number of hydrogen-bond acceptors (Lipinski definition) is 4. The molecule has 2 aromatic rings. The van der Waals surface area contributed by atoms with Crippen LogP contribution in [-0.2, 0) is 18.4 Å². The van der Waals surface area contributed by atoms with E-state index in [2.05, 4.69) is 32.9 Å². The molecule has 21 heavy (non-hydrogen) atoms. The zero-order valence-corrected chi connectivity index (χ0v) is 13.6. The number of rotatable bonds is 7. The third-order valence-electron chi connectivity index (χ3n) is 3.67. The molecule has 0 aliphatic carbocycles. The molecular formula is C15H20BrN3O2. The van der Waals surface area contributed by atoms with Crippen molar-refractivity contribution >= 4 is 15.9 Å². The number of aliphatic hydroxyl groups excluding tert-OH is 2. The van der Waals surface area contributed by atoms with Crippen LogP contribution in [0.1, 0.15) is 24.7 Å². The van der Waals surface area contributed by atoms with Crippen LogP contribution >= 0.6 is 15.9 Å². The van der Waals surface area contributed by atoms with E-state index in [0.717, 1.165) is 28.8 Å². The lowest BCUT2D eigenvalue weighted by Gasteiger charge is -2.30. The van der Waals surface area contributed by atoms with Gasteiger partial charge in [-0.3, -0.25) is 4.68 Å². The van der Waals surface area contributed by atoms with Gasteiger partial charge >= 0.3 is 0 Å². The van der Waals surface area contributed by atoms with Gasteiger partial charge in [0.1, 0.15) is 12.2 Å².